The van der Waals surface area contributed by atoms with E-state index in [9.17, 15) is 0 Å². The summed E-state index contributed by atoms with van der Waals surface area (Å²) < 4.78 is 0.981. The summed E-state index contributed by atoms with van der Waals surface area (Å²) in [6, 6.07) is 5.73. The maximum Gasteiger partial charge on any atom is 0.136 e. The molecule has 66 valence electrons. The summed E-state index contributed by atoms with van der Waals surface area (Å²) in [5, 5.41) is 2.29. The summed E-state index contributed by atoms with van der Waals surface area (Å²) >= 11 is 9.27. The third kappa shape index (κ3) is 1.49. The number of fused-ring (bicyclic) bond motifs is 1. The first-order valence-electron chi connectivity index (χ1n) is 3.68. The molecule has 4 heteroatoms. The van der Waals surface area contributed by atoms with Crippen LogP contribution in [0.25, 0.3) is 10.8 Å². The monoisotopic (exact) mass is 256 g/mol. The Bertz CT molecular complexity index is 470. The fourth-order valence-electron chi connectivity index (χ4n) is 1.20. The highest BCUT2D eigenvalue weighted by Crippen LogP contribution is 2.28. The van der Waals surface area contributed by atoms with E-state index < -0.39 is 0 Å². The largest absolute Gasteiger partial charge is 0.397 e. The second kappa shape index (κ2) is 3.16. The first-order valence-corrected chi connectivity index (χ1v) is 4.85. The van der Waals surface area contributed by atoms with E-state index in [1.165, 1.54) is 0 Å². The number of halogens is 2. The molecule has 1 heterocycles. The lowest BCUT2D eigenvalue weighted by Gasteiger charge is -2.03. The molecule has 0 aliphatic heterocycles. The Balaban J connectivity index is 2.92. The molecule has 2 rings (SSSR count). The van der Waals surface area contributed by atoms with Gasteiger partial charge in [0.05, 0.1) is 11.9 Å². The number of nitrogens with two attached hydrogens (primary N) is 1. The number of nitrogens with zero attached hydrogens (tertiary/aromatic N) is 1. The van der Waals surface area contributed by atoms with Crippen LogP contribution in [0.3, 0.4) is 0 Å². The zero-order valence-electron chi connectivity index (χ0n) is 6.59. The quantitative estimate of drug-likeness (QED) is 0.736. The summed E-state index contributed by atoms with van der Waals surface area (Å²) in [5.74, 6) is 0. The van der Waals surface area contributed by atoms with Gasteiger partial charge in [0, 0.05) is 15.2 Å². The van der Waals surface area contributed by atoms with Crippen molar-refractivity contribution in [3.8, 4) is 0 Å². The number of aromatic nitrogens is 1. The topological polar surface area (TPSA) is 38.9 Å². The van der Waals surface area contributed by atoms with Crippen LogP contribution in [0.5, 0.6) is 0 Å². The van der Waals surface area contributed by atoms with Crippen LogP contribution in [0.1, 0.15) is 0 Å². The molecule has 0 unspecified atom stereocenters. The van der Waals surface area contributed by atoms with Crippen LogP contribution >= 0.6 is 27.5 Å². The van der Waals surface area contributed by atoms with Crippen LogP contribution < -0.4 is 5.73 Å². The number of pyridine rings is 1. The Hall–Kier alpha value is -0.800. The van der Waals surface area contributed by atoms with E-state index >= 15 is 0 Å². The highest BCUT2D eigenvalue weighted by Gasteiger charge is 2.03. The molecule has 0 amide bonds. The minimum Gasteiger partial charge on any atom is -0.397 e. The molecule has 0 radical (unpaired) electrons. The first-order chi connectivity index (χ1) is 6.18. The molecule has 2 nitrogen and oxygen atoms in total. The standard InChI is InChI=1S/C9H6BrClN2/c10-5-1-2-6-7(3-5)8(12)4-13-9(6)11/h1-4H,12H2. The molecule has 0 spiro atoms. The van der Waals surface area contributed by atoms with Gasteiger partial charge in [-0.25, -0.2) is 4.98 Å². The first kappa shape index (κ1) is 8.78. The Kier molecular flexibility index (Phi) is 2.14. The zero-order valence-corrected chi connectivity index (χ0v) is 8.93. The Labute approximate surface area is 88.8 Å². The van der Waals surface area contributed by atoms with E-state index in [0.29, 0.717) is 10.8 Å². The van der Waals surface area contributed by atoms with Crippen molar-refractivity contribution in [1.29, 1.82) is 0 Å². The van der Waals surface area contributed by atoms with Crippen LogP contribution in [0.4, 0.5) is 5.69 Å². The fourth-order valence-corrected chi connectivity index (χ4v) is 1.78. The molecule has 2 aromatic rings. The van der Waals surface area contributed by atoms with Crippen LogP contribution in [-0.2, 0) is 0 Å². The normalized spacial score (nSPS) is 10.6. The molecule has 0 aliphatic rings. The van der Waals surface area contributed by atoms with E-state index in [1.807, 2.05) is 18.2 Å². The molecule has 1 aromatic heterocycles. The van der Waals surface area contributed by atoms with Crippen LogP contribution in [0, 0.1) is 0 Å². The lowest BCUT2D eigenvalue weighted by Crippen LogP contribution is -1.89. The molecule has 0 bridgehead atoms. The summed E-state index contributed by atoms with van der Waals surface area (Å²) in [7, 11) is 0. The van der Waals surface area contributed by atoms with Crippen molar-refractivity contribution < 1.29 is 0 Å². The van der Waals surface area contributed by atoms with Gasteiger partial charge in [0.2, 0.25) is 0 Å². The van der Waals surface area contributed by atoms with Gasteiger partial charge in [0.25, 0.3) is 0 Å². The Morgan fingerprint density at radius 3 is 2.85 bits per heavy atom. The maximum absolute atomic E-state index is 5.90. The van der Waals surface area contributed by atoms with Gasteiger partial charge >= 0.3 is 0 Å². The van der Waals surface area contributed by atoms with Crippen molar-refractivity contribution in [3.05, 3.63) is 34.0 Å². The molecule has 0 aliphatic carbocycles. The number of rotatable bonds is 0. The van der Waals surface area contributed by atoms with Crippen molar-refractivity contribution in [1.82, 2.24) is 4.98 Å². The van der Waals surface area contributed by atoms with E-state index in [1.54, 1.807) is 6.20 Å². The molecule has 1 aromatic carbocycles. The molecular formula is C9H6BrClN2. The minimum atomic E-state index is 0.483. The molecule has 2 N–H and O–H groups in total. The molecule has 0 saturated heterocycles. The average Bonchev–Trinajstić information content (AvgIpc) is 2.12. The number of nitrogen functional groups attached to an aromatic ring is 1. The number of benzene rings is 1. The molecule has 0 atom stereocenters. The number of anilines is 1. The third-order valence-corrected chi connectivity index (χ3v) is 2.63. The summed E-state index contributed by atoms with van der Waals surface area (Å²) in [6.45, 7) is 0. The third-order valence-electron chi connectivity index (χ3n) is 1.83. The van der Waals surface area contributed by atoms with E-state index in [4.69, 9.17) is 17.3 Å². The van der Waals surface area contributed by atoms with Gasteiger partial charge in [-0.15, -0.1) is 0 Å². The van der Waals surface area contributed by atoms with Gasteiger partial charge in [-0.1, -0.05) is 33.6 Å². The SMILES string of the molecule is Nc1cnc(Cl)c2ccc(Br)cc12. The lowest BCUT2D eigenvalue weighted by atomic mass is 10.1. The fraction of sp³-hybridized carbons (Fsp3) is 0. The van der Waals surface area contributed by atoms with Gasteiger partial charge in [-0.2, -0.15) is 0 Å². The summed E-state index contributed by atoms with van der Waals surface area (Å²) in [6.07, 6.45) is 1.57. The Morgan fingerprint density at radius 2 is 2.08 bits per heavy atom. The van der Waals surface area contributed by atoms with E-state index in [-0.39, 0.29) is 0 Å². The van der Waals surface area contributed by atoms with Crippen molar-refractivity contribution >= 4 is 44.0 Å². The van der Waals surface area contributed by atoms with Crippen molar-refractivity contribution in [2.75, 3.05) is 5.73 Å². The second-order valence-electron chi connectivity index (χ2n) is 2.69. The molecule has 13 heavy (non-hydrogen) atoms. The lowest BCUT2D eigenvalue weighted by molar-refractivity contribution is 1.36. The second-order valence-corrected chi connectivity index (χ2v) is 3.97. The maximum atomic E-state index is 5.90. The molecule has 0 fully saturated rings. The highest BCUT2D eigenvalue weighted by atomic mass is 79.9. The average molecular weight is 258 g/mol. The van der Waals surface area contributed by atoms with E-state index in [2.05, 4.69) is 20.9 Å². The van der Waals surface area contributed by atoms with Gasteiger partial charge < -0.3 is 5.73 Å². The van der Waals surface area contributed by atoms with Gasteiger partial charge in [0.1, 0.15) is 5.15 Å². The highest BCUT2D eigenvalue weighted by molar-refractivity contribution is 9.10. The predicted molar refractivity (Wildman–Crippen MR) is 58.9 cm³/mol. The summed E-state index contributed by atoms with van der Waals surface area (Å²) in [4.78, 5) is 3.96. The van der Waals surface area contributed by atoms with Crippen molar-refractivity contribution in [2.24, 2.45) is 0 Å². The van der Waals surface area contributed by atoms with Crippen molar-refractivity contribution in [3.63, 3.8) is 0 Å². The number of hydrogen-bond acceptors (Lipinski definition) is 2. The van der Waals surface area contributed by atoms with Gasteiger partial charge in [-0.05, 0) is 12.1 Å². The van der Waals surface area contributed by atoms with E-state index in [0.717, 1.165) is 15.2 Å². The molecule has 0 saturated carbocycles. The molecular weight excluding hydrogens is 251 g/mol. The summed E-state index contributed by atoms with van der Waals surface area (Å²) in [5.41, 5.74) is 6.39. The van der Waals surface area contributed by atoms with Crippen LogP contribution in [0.2, 0.25) is 5.15 Å². The van der Waals surface area contributed by atoms with Crippen LogP contribution in [-0.4, -0.2) is 4.98 Å². The zero-order chi connectivity index (χ0) is 9.42. The van der Waals surface area contributed by atoms with Crippen molar-refractivity contribution in [2.45, 2.75) is 0 Å². The predicted octanol–water partition coefficient (Wildman–Crippen LogP) is 3.23. The van der Waals surface area contributed by atoms with Gasteiger partial charge in [0.15, 0.2) is 0 Å². The Morgan fingerprint density at radius 1 is 1.31 bits per heavy atom. The van der Waals surface area contributed by atoms with Crippen LogP contribution in [0.15, 0.2) is 28.9 Å². The van der Waals surface area contributed by atoms with Gasteiger partial charge in [-0.3, -0.25) is 0 Å². The smallest absolute Gasteiger partial charge is 0.136 e. The number of hydrogen-bond donors (Lipinski definition) is 1. The minimum absolute atomic E-state index is 0.483.